The third kappa shape index (κ3) is 6.69. The number of aromatic nitrogens is 2. The van der Waals surface area contributed by atoms with Crippen LogP contribution in [-0.4, -0.2) is 52.8 Å². The Morgan fingerprint density at radius 1 is 1.14 bits per heavy atom. The highest BCUT2D eigenvalue weighted by molar-refractivity contribution is 6.30. The normalized spacial score (nSPS) is 16.1. The third-order valence-electron chi connectivity index (χ3n) is 5.97. The molecule has 0 unspecified atom stereocenters. The van der Waals surface area contributed by atoms with Crippen LogP contribution in [0.15, 0.2) is 65.5 Å². The lowest BCUT2D eigenvalue weighted by Crippen LogP contribution is -2.48. The first kappa shape index (κ1) is 24.9. The van der Waals surface area contributed by atoms with Crippen LogP contribution in [0.25, 0.3) is 0 Å². The first-order valence-corrected chi connectivity index (χ1v) is 11.9. The van der Waals surface area contributed by atoms with Crippen molar-refractivity contribution in [3.63, 3.8) is 0 Å². The first-order valence-electron chi connectivity index (χ1n) is 11.6. The molecule has 1 fully saturated rings. The number of esters is 1. The molecule has 2 heterocycles. The van der Waals surface area contributed by atoms with Crippen molar-refractivity contribution in [1.82, 2.24) is 14.5 Å². The summed E-state index contributed by atoms with van der Waals surface area (Å²) in [5.41, 5.74) is 2.07. The van der Waals surface area contributed by atoms with Gasteiger partial charge in [0, 0.05) is 19.6 Å². The first-order chi connectivity index (χ1) is 17.0. The van der Waals surface area contributed by atoms with Crippen LogP contribution >= 0.6 is 11.6 Å². The van der Waals surface area contributed by atoms with Gasteiger partial charge in [-0.3, -0.25) is 19.1 Å². The van der Waals surface area contributed by atoms with Crippen molar-refractivity contribution in [2.24, 2.45) is 0 Å². The van der Waals surface area contributed by atoms with E-state index in [4.69, 9.17) is 21.1 Å². The summed E-state index contributed by atoms with van der Waals surface area (Å²) in [6.07, 6.45) is 0. The van der Waals surface area contributed by atoms with E-state index in [2.05, 4.69) is 27.3 Å². The van der Waals surface area contributed by atoms with Gasteiger partial charge in [0.05, 0.1) is 24.9 Å². The molecule has 1 atom stereocenters. The number of benzene rings is 2. The van der Waals surface area contributed by atoms with Crippen molar-refractivity contribution >= 4 is 23.4 Å². The SMILES string of the molecule is Cc1c(Cl)nc(NC[C@@H]2COCCN2Cc2ccccc2)c(=O)n1CC(=O)OCc1ccccc1. The van der Waals surface area contributed by atoms with Crippen LogP contribution in [0, 0.1) is 6.92 Å². The second kappa shape index (κ2) is 12.0. The number of morpholine rings is 1. The number of hydrogen-bond acceptors (Lipinski definition) is 7. The molecule has 0 amide bonds. The summed E-state index contributed by atoms with van der Waals surface area (Å²) in [4.78, 5) is 32.1. The van der Waals surface area contributed by atoms with Crippen LogP contribution < -0.4 is 10.9 Å². The number of nitrogens with zero attached hydrogens (tertiary/aromatic N) is 3. The summed E-state index contributed by atoms with van der Waals surface area (Å²) in [5.74, 6) is -0.427. The molecule has 35 heavy (non-hydrogen) atoms. The van der Waals surface area contributed by atoms with Gasteiger partial charge in [0.15, 0.2) is 11.0 Å². The second-order valence-electron chi connectivity index (χ2n) is 8.44. The van der Waals surface area contributed by atoms with Gasteiger partial charge < -0.3 is 14.8 Å². The number of anilines is 1. The van der Waals surface area contributed by atoms with Crippen LogP contribution in [0.5, 0.6) is 0 Å². The standard InChI is InChI=1S/C26H29ClN4O4/c1-19-24(27)29-25(26(33)31(19)16-23(32)35-17-21-10-6-3-7-11-21)28-14-22-18-34-13-12-30(22)15-20-8-4-2-5-9-20/h2-11,22H,12-18H2,1H3,(H,28,29)/t22-/m1/s1. The minimum atomic E-state index is -0.526. The third-order valence-corrected chi connectivity index (χ3v) is 6.33. The number of carbonyl (C=O) groups excluding carboxylic acids is 1. The summed E-state index contributed by atoms with van der Waals surface area (Å²) in [7, 11) is 0. The van der Waals surface area contributed by atoms with E-state index >= 15 is 0 Å². The number of rotatable bonds is 9. The van der Waals surface area contributed by atoms with Gasteiger partial charge in [-0.15, -0.1) is 0 Å². The molecule has 0 saturated carbocycles. The molecular formula is C26H29ClN4O4. The fourth-order valence-electron chi connectivity index (χ4n) is 3.95. The summed E-state index contributed by atoms with van der Waals surface area (Å²) in [5, 5.41) is 3.29. The Morgan fingerprint density at radius 2 is 1.83 bits per heavy atom. The van der Waals surface area contributed by atoms with Gasteiger partial charge in [0.2, 0.25) is 0 Å². The lowest BCUT2D eigenvalue weighted by atomic mass is 10.1. The van der Waals surface area contributed by atoms with E-state index in [0.717, 1.165) is 18.7 Å². The second-order valence-corrected chi connectivity index (χ2v) is 8.80. The van der Waals surface area contributed by atoms with Crippen molar-refractivity contribution in [2.45, 2.75) is 32.7 Å². The zero-order valence-corrected chi connectivity index (χ0v) is 20.4. The van der Waals surface area contributed by atoms with Crippen LogP contribution in [0.3, 0.4) is 0 Å². The molecule has 0 spiro atoms. The molecule has 0 aliphatic carbocycles. The summed E-state index contributed by atoms with van der Waals surface area (Å²) in [6, 6.07) is 19.6. The highest BCUT2D eigenvalue weighted by Gasteiger charge is 2.24. The van der Waals surface area contributed by atoms with E-state index in [-0.39, 0.29) is 30.2 Å². The van der Waals surface area contributed by atoms with Crippen molar-refractivity contribution in [3.8, 4) is 0 Å². The molecule has 0 bridgehead atoms. The Labute approximate surface area is 209 Å². The summed E-state index contributed by atoms with van der Waals surface area (Å²) in [6.45, 7) is 4.78. The number of carbonyl (C=O) groups is 1. The van der Waals surface area contributed by atoms with Gasteiger partial charge in [-0.05, 0) is 18.1 Å². The maximum atomic E-state index is 13.1. The number of hydrogen-bond donors (Lipinski definition) is 1. The van der Waals surface area contributed by atoms with Crippen LogP contribution in [-0.2, 0) is 34.0 Å². The van der Waals surface area contributed by atoms with Crippen LogP contribution in [0.2, 0.25) is 5.15 Å². The minimum absolute atomic E-state index is 0.0505. The molecule has 184 valence electrons. The highest BCUT2D eigenvalue weighted by atomic mass is 35.5. The molecule has 3 aromatic rings. The van der Waals surface area contributed by atoms with Gasteiger partial charge in [0.25, 0.3) is 5.56 Å². The Hall–Kier alpha value is -3.20. The minimum Gasteiger partial charge on any atom is -0.459 e. The van der Waals surface area contributed by atoms with E-state index < -0.39 is 11.5 Å². The lowest BCUT2D eigenvalue weighted by molar-refractivity contribution is -0.145. The van der Waals surface area contributed by atoms with Crippen molar-refractivity contribution in [2.75, 3.05) is 31.6 Å². The molecule has 2 aromatic carbocycles. The number of ether oxygens (including phenoxy) is 2. The van der Waals surface area contributed by atoms with Gasteiger partial charge >= 0.3 is 5.97 Å². The van der Waals surface area contributed by atoms with Gasteiger partial charge in [-0.2, -0.15) is 0 Å². The summed E-state index contributed by atoms with van der Waals surface area (Å²) >= 11 is 6.31. The molecule has 1 aromatic heterocycles. The van der Waals surface area contributed by atoms with Gasteiger partial charge in [0.1, 0.15) is 13.2 Å². The predicted octanol–water partition coefficient (Wildman–Crippen LogP) is 3.26. The Morgan fingerprint density at radius 3 is 2.54 bits per heavy atom. The molecule has 9 heteroatoms. The van der Waals surface area contributed by atoms with Crippen molar-refractivity contribution in [3.05, 3.63) is 93.0 Å². The van der Waals surface area contributed by atoms with E-state index in [1.807, 2.05) is 48.5 Å². The molecule has 4 rings (SSSR count). The highest BCUT2D eigenvalue weighted by Crippen LogP contribution is 2.15. The fourth-order valence-corrected chi connectivity index (χ4v) is 4.14. The van der Waals surface area contributed by atoms with E-state index in [0.29, 0.717) is 25.5 Å². The van der Waals surface area contributed by atoms with E-state index in [1.54, 1.807) is 6.92 Å². The Bertz CT molecular complexity index is 1190. The molecule has 1 aliphatic heterocycles. The maximum Gasteiger partial charge on any atom is 0.326 e. The van der Waals surface area contributed by atoms with Gasteiger partial charge in [-0.1, -0.05) is 72.3 Å². The molecular weight excluding hydrogens is 468 g/mol. The van der Waals surface area contributed by atoms with Crippen molar-refractivity contribution < 1.29 is 14.3 Å². The van der Waals surface area contributed by atoms with E-state index in [9.17, 15) is 9.59 Å². The zero-order valence-electron chi connectivity index (χ0n) is 19.7. The van der Waals surface area contributed by atoms with E-state index in [1.165, 1.54) is 10.1 Å². The Kier molecular flexibility index (Phi) is 8.52. The molecule has 1 aliphatic rings. The summed E-state index contributed by atoms with van der Waals surface area (Å²) < 4.78 is 12.3. The molecule has 1 saturated heterocycles. The van der Waals surface area contributed by atoms with Crippen LogP contribution in [0.1, 0.15) is 16.8 Å². The quantitative estimate of drug-likeness (QED) is 0.455. The lowest BCUT2D eigenvalue weighted by Gasteiger charge is -2.35. The average molecular weight is 497 g/mol. The van der Waals surface area contributed by atoms with Crippen molar-refractivity contribution in [1.29, 1.82) is 0 Å². The largest absolute Gasteiger partial charge is 0.459 e. The predicted molar refractivity (Wildman–Crippen MR) is 134 cm³/mol. The number of halogens is 1. The average Bonchev–Trinajstić information content (AvgIpc) is 2.89. The fraction of sp³-hybridized carbons (Fsp3) is 0.346. The topological polar surface area (TPSA) is 85.7 Å². The zero-order chi connectivity index (χ0) is 24.6. The molecule has 8 nitrogen and oxygen atoms in total. The smallest absolute Gasteiger partial charge is 0.326 e. The van der Waals surface area contributed by atoms with Crippen LogP contribution in [0.4, 0.5) is 5.82 Å². The monoisotopic (exact) mass is 496 g/mol. The molecule has 1 N–H and O–H groups in total. The maximum absolute atomic E-state index is 13.1. The number of nitrogens with one attached hydrogen (secondary N) is 1. The molecule has 0 radical (unpaired) electrons. The van der Waals surface area contributed by atoms with Gasteiger partial charge in [-0.25, -0.2) is 4.98 Å². The Balaban J connectivity index is 1.42.